The van der Waals surface area contributed by atoms with Crippen molar-refractivity contribution in [1.82, 2.24) is 0 Å². The molecule has 0 aromatic heterocycles. The average Bonchev–Trinajstić information content (AvgIpc) is 2.40. The molecule has 0 saturated heterocycles. The zero-order valence-electron chi connectivity index (χ0n) is 11.5. The van der Waals surface area contributed by atoms with Gasteiger partial charge in [-0.15, -0.1) is 11.6 Å². The average molecular weight is 374 g/mol. The molecule has 0 fully saturated rings. The van der Waals surface area contributed by atoms with Gasteiger partial charge in [0.25, 0.3) is 0 Å². The standard InChI is InChI=1S/C16H15BrCl2O/c1-9-5-4-6-12(10(9)2)15(19)13-7-11(18)8-14(17)16(13)20-3/h4-8,15H,1-3H3. The van der Waals surface area contributed by atoms with Gasteiger partial charge in [0.15, 0.2) is 0 Å². The van der Waals surface area contributed by atoms with E-state index in [4.69, 9.17) is 27.9 Å². The number of alkyl halides is 1. The summed E-state index contributed by atoms with van der Waals surface area (Å²) < 4.78 is 6.26. The highest BCUT2D eigenvalue weighted by Crippen LogP contribution is 2.42. The van der Waals surface area contributed by atoms with E-state index in [2.05, 4.69) is 35.8 Å². The molecule has 4 heteroatoms. The molecule has 0 bridgehead atoms. The van der Waals surface area contributed by atoms with E-state index in [0.717, 1.165) is 21.3 Å². The normalized spacial score (nSPS) is 12.3. The second-order valence-electron chi connectivity index (χ2n) is 4.66. The van der Waals surface area contributed by atoms with Gasteiger partial charge in [0, 0.05) is 10.6 Å². The van der Waals surface area contributed by atoms with E-state index in [0.29, 0.717) is 5.02 Å². The predicted molar refractivity (Wildman–Crippen MR) is 89.3 cm³/mol. The predicted octanol–water partition coefficient (Wildman–Crippen LogP) is 6.06. The Bertz CT molecular complexity index is 641. The van der Waals surface area contributed by atoms with Crippen LogP contribution in [0.1, 0.15) is 27.6 Å². The minimum atomic E-state index is -0.306. The van der Waals surface area contributed by atoms with Gasteiger partial charge in [0.1, 0.15) is 5.75 Å². The van der Waals surface area contributed by atoms with E-state index in [-0.39, 0.29) is 5.38 Å². The molecule has 0 aliphatic carbocycles. The molecule has 2 aromatic carbocycles. The molecule has 0 amide bonds. The second kappa shape index (κ2) is 6.38. The number of hydrogen-bond donors (Lipinski definition) is 0. The Hall–Kier alpha value is -0.700. The largest absolute Gasteiger partial charge is 0.495 e. The Balaban J connectivity index is 2.58. The summed E-state index contributed by atoms with van der Waals surface area (Å²) in [4.78, 5) is 0. The van der Waals surface area contributed by atoms with Crippen molar-refractivity contribution >= 4 is 39.1 Å². The summed E-state index contributed by atoms with van der Waals surface area (Å²) in [7, 11) is 1.63. The molecule has 1 atom stereocenters. The molecule has 2 aromatic rings. The van der Waals surface area contributed by atoms with Crippen LogP contribution in [0.5, 0.6) is 5.75 Å². The molecule has 2 rings (SSSR count). The zero-order valence-corrected chi connectivity index (χ0v) is 14.6. The van der Waals surface area contributed by atoms with E-state index in [1.807, 2.05) is 18.2 Å². The van der Waals surface area contributed by atoms with E-state index < -0.39 is 0 Å². The van der Waals surface area contributed by atoms with Crippen molar-refractivity contribution < 1.29 is 4.74 Å². The number of halogens is 3. The highest BCUT2D eigenvalue weighted by molar-refractivity contribution is 9.10. The van der Waals surface area contributed by atoms with Crippen molar-refractivity contribution in [3.63, 3.8) is 0 Å². The second-order valence-corrected chi connectivity index (χ2v) is 6.39. The molecule has 0 aliphatic heterocycles. The minimum Gasteiger partial charge on any atom is -0.495 e. The van der Waals surface area contributed by atoms with Crippen LogP contribution in [-0.2, 0) is 0 Å². The Morgan fingerprint density at radius 3 is 2.50 bits per heavy atom. The molecule has 1 unspecified atom stereocenters. The van der Waals surface area contributed by atoms with Crippen LogP contribution in [0.15, 0.2) is 34.8 Å². The first-order valence-electron chi connectivity index (χ1n) is 6.18. The quantitative estimate of drug-likeness (QED) is 0.594. The Labute approximate surface area is 138 Å². The zero-order chi connectivity index (χ0) is 14.9. The van der Waals surface area contributed by atoms with Crippen LogP contribution in [0.2, 0.25) is 5.02 Å². The van der Waals surface area contributed by atoms with Crippen LogP contribution < -0.4 is 4.74 Å². The van der Waals surface area contributed by atoms with Crippen molar-refractivity contribution in [3.8, 4) is 5.75 Å². The fourth-order valence-corrected chi connectivity index (χ4v) is 3.59. The topological polar surface area (TPSA) is 9.23 Å². The number of ether oxygens (including phenoxy) is 1. The summed E-state index contributed by atoms with van der Waals surface area (Å²) in [5.74, 6) is 0.718. The maximum absolute atomic E-state index is 6.68. The molecule has 0 heterocycles. The van der Waals surface area contributed by atoms with Gasteiger partial charge in [-0.3, -0.25) is 0 Å². The molecule has 0 radical (unpaired) electrons. The third-order valence-electron chi connectivity index (χ3n) is 3.43. The minimum absolute atomic E-state index is 0.306. The maximum atomic E-state index is 6.68. The molecular formula is C16H15BrCl2O. The lowest BCUT2D eigenvalue weighted by Crippen LogP contribution is -2.01. The first kappa shape index (κ1) is 15.7. The van der Waals surface area contributed by atoms with Crippen LogP contribution >= 0.6 is 39.1 Å². The van der Waals surface area contributed by atoms with Crippen LogP contribution in [0, 0.1) is 13.8 Å². The summed E-state index contributed by atoms with van der Waals surface area (Å²) in [6.45, 7) is 4.15. The number of hydrogen-bond acceptors (Lipinski definition) is 1. The number of aryl methyl sites for hydroxylation is 1. The van der Waals surface area contributed by atoms with Gasteiger partial charge >= 0.3 is 0 Å². The smallest absolute Gasteiger partial charge is 0.138 e. The van der Waals surface area contributed by atoms with Crippen molar-refractivity contribution in [2.75, 3.05) is 7.11 Å². The van der Waals surface area contributed by atoms with Gasteiger partial charge in [-0.25, -0.2) is 0 Å². The molecule has 0 aliphatic rings. The SMILES string of the molecule is COc1c(Br)cc(Cl)cc1C(Cl)c1cccc(C)c1C. The van der Waals surface area contributed by atoms with E-state index in [1.165, 1.54) is 11.1 Å². The maximum Gasteiger partial charge on any atom is 0.138 e. The Morgan fingerprint density at radius 1 is 1.15 bits per heavy atom. The summed E-state index contributed by atoms with van der Waals surface area (Å²) in [5, 5.41) is 0.323. The highest BCUT2D eigenvalue weighted by atomic mass is 79.9. The van der Waals surface area contributed by atoms with Crippen molar-refractivity contribution in [1.29, 1.82) is 0 Å². The van der Waals surface area contributed by atoms with Gasteiger partial charge in [-0.05, 0) is 58.6 Å². The van der Waals surface area contributed by atoms with Crippen LogP contribution in [0.3, 0.4) is 0 Å². The molecule has 0 saturated carbocycles. The van der Waals surface area contributed by atoms with Crippen LogP contribution in [-0.4, -0.2) is 7.11 Å². The fourth-order valence-electron chi connectivity index (χ4n) is 2.20. The van der Waals surface area contributed by atoms with Gasteiger partial charge < -0.3 is 4.74 Å². The number of rotatable bonds is 3. The number of methoxy groups -OCH3 is 1. The van der Waals surface area contributed by atoms with Crippen LogP contribution in [0.25, 0.3) is 0 Å². The molecule has 20 heavy (non-hydrogen) atoms. The van der Waals surface area contributed by atoms with Crippen molar-refractivity contribution in [3.05, 3.63) is 62.1 Å². The molecule has 1 nitrogen and oxygen atoms in total. The van der Waals surface area contributed by atoms with Crippen molar-refractivity contribution in [2.24, 2.45) is 0 Å². The summed E-state index contributed by atoms with van der Waals surface area (Å²) in [6, 6.07) is 9.78. The van der Waals surface area contributed by atoms with E-state index in [9.17, 15) is 0 Å². The first-order chi connectivity index (χ1) is 9.45. The van der Waals surface area contributed by atoms with Gasteiger partial charge in [0.2, 0.25) is 0 Å². The lowest BCUT2D eigenvalue weighted by Gasteiger charge is -2.18. The lowest BCUT2D eigenvalue weighted by atomic mass is 9.96. The number of benzene rings is 2. The van der Waals surface area contributed by atoms with Gasteiger partial charge in [-0.2, -0.15) is 0 Å². The third kappa shape index (κ3) is 2.98. The van der Waals surface area contributed by atoms with Gasteiger partial charge in [0.05, 0.1) is 17.0 Å². The van der Waals surface area contributed by atoms with Crippen LogP contribution in [0.4, 0.5) is 0 Å². The molecule has 106 valence electrons. The summed E-state index contributed by atoms with van der Waals surface area (Å²) in [5.41, 5.74) is 4.33. The van der Waals surface area contributed by atoms with E-state index in [1.54, 1.807) is 13.2 Å². The first-order valence-corrected chi connectivity index (χ1v) is 7.79. The fraction of sp³-hybridized carbons (Fsp3) is 0.250. The monoisotopic (exact) mass is 372 g/mol. The molecule has 0 N–H and O–H groups in total. The highest BCUT2D eigenvalue weighted by Gasteiger charge is 2.20. The summed E-state index contributed by atoms with van der Waals surface area (Å²) in [6.07, 6.45) is 0. The van der Waals surface area contributed by atoms with Crippen molar-refractivity contribution in [2.45, 2.75) is 19.2 Å². The summed E-state index contributed by atoms with van der Waals surface area (Å²) >= 11 is 16.3. The van der Waals surface area contributed by atoms with Gasteiger partial charge in [-0.1, -0.05) is 29.8 Å². The Morgan fingerprint density at radius 2 is 1.85 bits per heavy atom. The molecular weight excluding hydrogens is 359 g/mol. The third-order valence-corrected chi connectivity index (χ3v) is 4.71. The molecule has 0 spiro atoms. The Kier molecular flexibility index (Phi) is 5.00. The van der Waals surface area contributed by atoms with E-state index >= 15 is 0 Å². The lowest BCUT2D eigenvalue weighted by molar-refractivity contribution is 0.407.